The van der Waals surface area contributed by atoms with Gasteiger partial charge in [-0.15, -0.1) is 0 Å². The summed E-state index contributed by atoms with van der Waals surface area (Å²) in [6.07, 6.45) is 0.138. The molecule has 0 aromatic heterocycles. The van der Waals surface area contributed by atoms with Gasteiger partial charge in [0.25, 0.3) is 5.91 Å². The highest BCUT2D eigenvalue weighted by molar-refractivity contribution is 6.30. The van der Waals surface area contributed by atoms with Crippen molar-refractivity contribution in [1.82, 2.24) is 0 Å². The van der Waals surface area contributed by atoms with Crippen LogP contribution in [0.5, 0.6) is 0 Å². The molecule has 0 bridgehead atoms. The van der Waals surface area contributed by atoms with Crippen LogP contribution in [0.2, 0.25) is 5.02 Å². The molecule has 0 aliphatic carbocycles. The highest BCUT2D eigenvalue weighted by atomic mass is 35.5. The van der Waals surface area contributed by atoms with Gasteiger partial charge >= 0.3 is 0 Å². The van der Waals surface area contributed by atoms with Gasteiger partial charge in [-0.1, -0.05) is 35.4 Å². The third-order valence-electron chi connectivity index (χ3n) is 3.91. The van der Waals surface area contributed by atoms with Gasteiger partial charge in [0.05, 0.1) is 12.1 Å². The maximum absolute atomic E-state index is 12.7. The summed E-state index contributed by atoms with van der Waals surface area (Å²) in [4.78, 5) is 26.3. The number of anilines is 2. The van der Waals surface area contributed by atoms with Crippen LogP contribution in [0.1, 0.15) is 17.5 Å². The monoisotopic (exact) mass is 328 g/mol. The summed E-state index contributed by atoms with van der Waals surface area (Å²) in [6, 6.07) is 12.2. The predicted molar refractivity (Wildman–Crippen MR) is 91.9 cm³/mol. The van der Waals surface area contributed by atoms with E-state index in [0.29, 0.717) is 10.7 Å². The van der Waals surface area contributed by atoms with Gasteiger partial charge in [-0.3, -0.25) is 9.59 Å². The Bertz CT molecular complexity index is 788. The van der Waals surface area contributed by atoms with Gasteiger partial charge in [-0.2, -0.15) is 0 Å². The lowest BCUT2D eigenvalue weighted by Crippen LogP contribution is -2.35. The van der Waals surface area contributed by atoms with Crippen molar-refractivity contribution in [3.05, 3.63) is 58.6 Å². The van der Waals surface area contributed by atoms with Crippen LogP contribution in [0.4, 0.5) is 11.4 Å². The molecule has 2 amide bonds. The first-order valence-electron chi connectivity index (χ1n) is 7.42. The van der Waals surface area contributed by atoms with E-state index in [2.05, 4.69) is 5.32 Å². The Morgan fingerprint density at radius 2 is 1.91 bits per heavy atom. The van der Waals surface area contributed by atoms with Gasteiger partial charge in [0, 0.05) is 10.7 Å². The molecule has 1 heterocycles. The van der Waals surface area contributed by atoms with Crippen molar-refractivity contribution in [3.63, 3.8) is 0 Å². The summed E-state index contributed by atoms with van der Waals surface area (Å²) in [5, 5.41) is 3.68. The molecular formula is C18H17ClN2O2. The summed E-state index contributed by atoms with van der Waals surface area (Å²) in [7, 11) is 0. The number of nitrogens with zero attached hydrogens (tertiary/aromatic N) is 1. The summed E-state index contributed by atoms with van der Waals surface area (Å²) in [6.45, 7) is 3.88. The molecule has 3 rings (SSSR count). The lowest BCUT2D eigenvalue weighted by atomic mass is 10.1. The minimum absolute atomic E-state index is 0.138. The largest absolute Gasteiger partial charge is 0.373 e. The second kappa shape index (κ2) is 6.05. The number of rotatable bonds is 3. The molecule has 4 nitrogen and oxygen atoms in total. The molecule has 5 heteroatoms. The number of hydrogen-bond donors (Lipinski definition) is 1. The number of nitrogens with one attached hydrogen (secondary N) is 1. The Kier molecular flexibility index (Phi) is 4.09. The lowest BCUT2D eigenvalue weighted by molar-refractivity contribution is -0.121. The molecule has 1 atom stereocenters. The standard InChI is InChI=1S/C18H17ClN2O2/c1-11-6-7-16(12(2)8-11)21-17(22)10-15(18(21)23)20-14-5-3-4-13(19)9-14/h3-9,15,20H,10H2,1-2H3/t15-/m1/s1. The molecule has 2 aromatic rings. The van der Waals surface area contributed by atoms with Crippen molar-refractivity contribution >= 4 is 34.8 Å². The minimum Gasteiger partial charge on any atom is -0.373 e. The average molecular weight is 329 g/mol. The molecule has 1 saturated heterocycles. The first-order valence-corrected chi connectivity index (χ1v) is 7.79. The van der Waals surface area contributed by atoms with E-state index in [1.54, 1.807) is 18.2 Å². The van der Waals surface area contributed by atoms with Crippen molar-refractivity contribution in [3.8, 4) is 0 Å². The smallest absolute Gasteiger partial charge is 0.256 e. The predicted octanol–water partition coefficient (Wildman–Crippen LogP) is 3.70. The zero-order valence-electron chi connectivity index (χ0n) is 13.0. The fourth-order valence-electron chi connectivity index (χ4n) is 2.83. The molecule has 1 aliphatic rings. The third-order valence-corrected chi connectivity index (χ3v) is 4.14. The van der Waals surface area contributed by atoms with E-state index < -0.39 is 6.04 Å². The van der Waals surface area contributed by atoms with Gasteiger partial charge in [-0.25, -0.2) is 4.90 Å². The molecule has 0 radical (unpaired) electrons. The Morgan fingerprint density at radius 3 is 2.61 bits per heavy atom. The summed E-state index contributed by atoms with van der Waals surface area (Å²) in [5.74, 6) is -0.427. The first-order chi connectivity index (χ1) is 11.0. The molecule has 1 N–H and O–H groups in total. The quantitative estimate of drug-likeness (QED) is 0.874. The Morgan fingerprint density at radius 1 is 1.13 bits per heavy atom. The van der Waals surface area contributed by atoms with Gasteiger partial charge in [0.2, 0.25) is 5.91 Å². The van der Waals surface area contributed by atoms with Gasteiger partial charge in [-0.05, 0) is 43.7 Å². The van der Waals surface area contributed by atoms with Crippen LogP contribution in [-0.2, 0) is 9.59 Å². The number of amides is 2. The highest BCUT2D eigenvalue weighted by Gasteiger charge is 2.40. The van der Waals surface area contributed by atoms with E-state index in [-0.39, 0.29) is 18.2 Å². The summed E-state index contributed by atoms with van der Waals surface area (Å²) in [5.41, 5.74) is 3.39. The zero-order valence-corrected chi connectivity index (χ0v) is 13.7. The van der Waals surface area contributed by atoms with Crippen LogP contribution in [-0.4, -0.2) is 17.9 Å². The van der Waals surface area contributed by atoms with E-state index in [0.717, 1.165) is 16.8 Å². The Balaban J connectivity index is 1.85. The van der Waals surface area contributed by atoms with Crippen LogP contribution in [0.15, 0.2) is 42.5 Å². The van der Waals surface area contributed by atoms with Gasteiger partial charge < -0.3 is 5.32 Å². The van der Waals surface area contributed by atoms with Crippen molar-refractivity contribution in [2.45, 2.75) is 26.3 Å². The third kappa shape index (κ3) is 3.08. The van der Waals surface area contributed by atoms with E-state index in [9.17, 15) is 9.59 Å². The molecule has 0 saturated carbocycles. The summed E-state index contributed by atoms with van der Waals surface area (Å²) >= 11 is 5.95. The molecule has 1 fully saturated rings. The van der Waals surface area contributed by atoms with Gasteiger partial charge in [0.1, 0.15) is 6.04 Å². The fraction of sp³-hybridized carbons (Fsp3) is 0.222. The second-order valence-electron chi connectivity index (χ2n) is 5.77. The zero-order chi connectivity index (χ0) is 16.6. The highest BCUT2D eigenvalue weighted by Crippen LogP contribution is 2.28. The number of carbonyl (C=O) groups excluding carboxylic acids is 2. The second-order valence-corrected chi connectivity index (χ2v) is 6.21. The molecule has 23 heavy (non-hydrogen) atoms. The number of imide groups is 1. The molecule has 0 unspecified atom stereocenters. The van der Waals surface area contributed by atoms with E-state index in [1.165, 1.54) is 4.90 Å². The molecule has 118 valence electrons. The number of benzene rings is 2. The first kappa shape index (κ1) is 15.6. The van der Waals surface area contributed by atoms with Crippen LogP contribution in [0.3, 0.4) is 0 Å². The molecule has 0 spiro atoms. The SMILES string of the molecule is Cc1ccc(N2C(=O)C[C@@H](Nc3cccc(Cl)c3)C2=O)c(C)c1. The van der Waals surface area contributed by atoms with Crippen LogP contribution in [0.25, 0.3) is 0 Å². The minimum atomic E-state index is -0.568. The normalized spacial score (nSPS) is 17.7. The van der Waals surface area contributed by atoms with Crippen molar-refractivity contribution in [2.24, 2.45) is 0 Å². The van der Waals surface area contributed by atoms with E-state index in [4.69, 9.17) is 11.6 Å². The van der Waals surface area contributed by atoms with E-state index >= 15 is 0 Å². The number of hydrogen-bond acceptors (Lipinski definition) is 3. The van der Waals surface area contributed by atoms with Gasteiger partial charge in [0.15, 0.2) is 0 Å². The topological polar surface area (TPSA) is 49.4 Å². The number of halogens is 1. The van der Waals surface area contributed by atoms with Crippen LogP contribution >= 0.6 is 11.6 Å². The van der Waals surface area contributed by atoms with Crippen LogP contribution in [0, 0.1) is 13.8 Å². The number of aryl methyl sites for hydroxylation is 2. The maximum atomic E-state index is 12.7. The van der Waals surface area contributed by atoms with Crippen LogP contribution < -0.4 is 10.2 Å². The summed E-state index contributed by atoms with van der Waals surface area (Å²) < 4.78 is 0. The average Bonchev–Trinajstić information content (AvgIpc) is 2.74. The Labute approximate surface area is 140 Å². The maximum Gasteiger partial charge on any atom is 0.256 e. The van der Waals surface area contributed by atoms with Crippen molar-refractivity contribution < 1.29 is 9.59 Å². The number of carbonyl (C=O) groups is 2. The molecule has 1 aliphatic heterocycles. The Hall–Kier alpha value is -2.33. The van der Waals surface area contributed by atoms with E-state index in [1.807, 2.05) is 38.1 Å². The van der Waals surface area contributed by atoms with Crippen molar-refractivity contribution in [1.29, 1.82) is 0 Å². The molecular weight excluding hydrogens is 312 g/mol. The molecule has 2 aromatic carbocycles. The fourth-order valence-corrected chi connectivity index (χ4v) is 3.02. The van der Waals surface area contributed by atoms with Crippen molar-refractivity contribution in [2.75, 3.05) is 10.2 Å². The lowest BCUT2D eigenvalue weighted by Gasteiger charge is -2.18.